The molecule has 1 aliphatic heterocycles. The number of ether oxygens (including phenoxy) is 2. The highest BCUT2D eigenvalue weighted by molar-refractivity contribution is 5.79. The lowest BCUT2D eigenvalue weighted by Gasteiger charge is -2.33. The van der Waals surface area contributed by atoms with Gasteiger partial charge in [0.2, 0.25) is 0 Å². The minimum Gasteiger partial charge on any atom is -0.378 e. The molecule has 2 fully saturated rings. The molecule has 0 radical (unpaired) electrons. The number of nitrogens with zero attached hydrogens (tertiary/aromatic N) is 2. The predicted octanol–water partition coefficient (Wildman–Crippen LogP) is 2.25. The Morgan fingerprint density at radius 1 is 1.27 bits per heavy atom. The zero-order valence-electron chi connectivity index (χ0n) is 17.1. The van der Waals surface area contributed by atoms with Crippen LogP contribution < -0.4 is 10.6 Å². The minimum absolute atomic E-state index is 0.198. The average molecular weight is 369 g/mol. The molecule has 1 heterocycles. The number of morpholine rings is 1. The normalized spacial score (nSPS) is 22.9. The van der Waals surface area contributed by atoms with Crippen molar-refractivity contribution >= 4 is 5.96 Å². The van der Waals surface area contributed by atoms with Crippen molar-refractivity contribution in [3.05, 3.63) is 0 Å². The van der Waals surface area contributed by atoms with Crippen LogP contribution in [0.2, 0.25) is 0 Å². The Balaban J connectivity index is 1.64. The van der Waals surface area contributed by atoms with Gasteiger partial charge in [-0.25, -0.2) is 0 Å². The van der Waals surface area contributed by atoms with E-state index in [1.54, 1.807) is 0 Å². The molecule has 152 valence electrons. The van der Waals surface area contributed by atoms with Crippen LogP contribution in [0, 0.1) is 5.92 Å². The van der Waals surface area contributed by atoms with Crippen LogP contribution >= 0.6 is 0 Å². The first-order valence-electron chi connectivity index (χ1n) is 10.6. The molecule has 0 aromatic heterocycles. The van der Waals surface area contributed by atoms with Gasteiger partial charge in [0, 0.05) is 39.3 Å². The summed E-state index contributed by atoms with van der Waals surface area (Å²) in [6.07, 6.45) is 6.87. The maximum Gasteiger partial charge on any atom is 0.191 e. The monoisotopic (exact) mass is 368 g/mol. The number of nitrogens with one attached hydrogen (secondary N) is 2. The molecular weight excluding hydrogens is 328 g/mol. The van der Waals surface area contributed by atoms with E-state index in [0.29, 0.717) is 18.6 Å². The van der Waals surface area contributed by atoms with Crippen molar-refractivity contribution in [2.45, 2.75) is 65.1 Å². The Morgan fingerprint density at radius 3 is 2.81 bits per heavy atom. The molecule has 2 rings (SSSR count). The van der Waals surface area contributed by atoms with E-state index in [0.717, 1.165) is 58.3 Å². The highest BCUT2D eigenvalue weighted by Crippen LogP contribution is 2.20. The summed E-state index contributed by atoms with van der Waals surface area (Å²) in [7, 11) is 0. The number of aliphatic imine (C=N–C) groups is 1. The fourth-order valence-corrected chi connectivity index (χ4v) is 3.69. The maximum absolute atomic E-state index is 5.92. The number of hydrogen-bond donors (Lipinski definition) is 2. The molecule has 1 saturated heterocycles. The molecule has 0 spiro atoms. The minimum atomic E-state index is 0.198. The molecule has 1 saturated carbocycles. The first-order chi connectivity index (χ1) is 12.7. The van der Waals surface area contributed by atoms with Gasteiger partial charge in [-0.15, -0.1) is 0 Å². The summed E-state index contributed by atoms with van der Waals surface area (Å²) in [6.45, 7) is 13.9. The van der Waals surface area contributed by atoms with Crippen LogP contribution in [0.1, 0.15) is 52.9 Å². The molecule has 6 nitrogen and oxygen atoms in total. The Kier molecular flexibility index (Phi) is 10.3. The summed E-state index contributed by atoms with van der Waals surface area (Å²) in [5, 5.41) is 6.75. The highest BCUT2D eigenvalue weighted by atomic mass is 16.5. The molecule has 26 heavy (non-hydrogen) atoms. The molecule has 2 aliphatic rings. The van der Waals surface area contributed by atoms with E-state index in [-0.39, 0.29) is 6.10 Å². The van der Waals surface area contributed by atoms with Crippen molar-refractivity contribution in [2.24, 2.45) is 10.9 Å². The van der Waals surface area contributed by atoms with Gasteiger partial charge in [-0.2, -0.15) is 0 Å². The van der Waals surface area contributed by atoms with Crippen molar-refractivity contribution in [1.82, 2.24) is 15.5 Å². The first-order valence-corrected chi connectivity index (χ1v) is 10.6. The van der Waals surface area contributed by atoms with Gasteiger partial charge in [0.1, 0.15) is 0 Å². The lowest BCUT2D eigenvalue weighted by molar-refractivity contribution is -0.0261. The standard InChI is InChI=1S/C20H40N4O2/c1-4-21-20(22-10-7-12-25-18-8-5-6-9-18)23-14-19-16-24(11-13-26-19)15-17(2)3/h17-19H,4-16H2,1-3H3,(H2,21,22,23). The van der Waals surface area contributed by atoms with Crippen molar-refractivity contribution in [2.75, 3.05) is 52.5 Å². The van der Waals surface area contributed by atoms with Crippen molar-refractivity contribution in [1.29, 1.82) is 0 Å². The molecule has 2 N–H and O–H groups in total. The van der Waals surface area contributed by atoms with E-state index in [1.165, 1.54) is 25.7 Å². The summed E-state index contributed by atoms with van der Waals surface area (Å²) < 4.78 is 11.8. The van der Waals surface area contributed by atoms with E-state index in [1.807, 2.05) is 0 Å². The van der Waals surface area contributed by atoms with Crippen LogP contribution in [0.4, 0.5) is 0 Å². The van der Waals surface area contributed by atoms with Crippen LogP contribution in [-0.4, -0.2) is 75.5 Å². The summed E-state index contributed by atoms with van der Waals surface area (Å²) in [4.78, 5) is 7.22. The molecule has 1 aliphatic carbocycles. The van der Waals surface area contributed by atoms with Gasteiger partial charge in [-0.1, -0.05) is 26.7 Å². The second-order valence-electron chi connectivity index (χ2n) is 7.92. The van der Waals surface area contributed by atoms with Crippen molar-refractivity contribution in [3.8, 4) is 0 Å². The summed E-state index contributed by atoms with van der Waals surface area (Å²) in [5.74, 6) is 1.58. The Labute approximate surface area is 160 Å². The lowest BCUT2D eigenvalue weighted by atomic mass is 10.2. The predicted molar refractivity (Wildman–Crippen MR) is 108 cm³/mol. The third-order valence-electron chi connectivity index (χ3n) is 4.91. The largest absolute Gasteiger partial charge is 0.378 e. The summed E-state index contributed by atoms with van der Waals surface area (Å²) in [5.41, 5.74) is 0. The van der Waals surface area contributed by atoms with Gasteiger partial charge in [-0.05, 0) is 32.1 Å². The SMILES string of the molecule is CCNC(=NCC1CN(CC(C)C)CCO1)NCCCOC1CCCC1. The molecule has 0 aromatic rings. The second kappa shape index (κ2) is 12.5. The van der Waals surface area contributed by atoms with Gasteiger partial charge in [0.05, 0.1) is 25.4 Å². The molecule has 6 heteroatoms. The quantitative estimate of drug-likeness (QED) is 0.352. The van der Waals surface area contributed by atoms with Gasteiger partial charge in [0.15, 0.2) is 5.96 Å². The van der Waals surface area contributed by atoms with Crippen molar-refractivity contribution in [3.63, 3.8) is 0 Å². The fourth-order valence-electron chi connectivity index (χ4n) is 3.69. The van der Waals surface area contributed by atoms with Crippen LogP contribution in [0.3, 0.4) is 0 Å². The topological polar surface area (TPSA) is 58.1 Å². The Morgan fingerprint density at radius 2 is 2.08 bits per heavy atom. The smallest absolute Gasteiger partial charge is 0.191 e. The third-order valence-corrected chi connectivity index (χ3v) is 4.91. The lowest BCUT2D eigenvalue weighted by Crippen LogP contribution is -2.46. The third kappa shape index (κ3) is 8.69. The van der Waals surface area contributed by atoms with Gasteiger partial charge in [-0.3, -0.25) is 9.89 Å². The summed E-state index contributed by atoms with van der Waals surface area (Å²) in [6, 6.07) is 0. The van der Waals surface area contributed by atoms with E-state index < -0.39 is 0 Å². The van der Waals surface area contributed by atoms with Gasteiger partial charge < -0.3 is 20.1 Å². The Hall–Kier alpha value is -0.850. The van der Waals surface area contributed by atoms with Gasteiger partial charge in [0.25, 0.3) is 0 Å². The van der Waals surface area contributed by atoms with Crippen LogP contribution in [0.25, 0.3) is 0 Å². The van der Waals surface area contributed by atoms with Crippen molar-refractivity contribution < 1.29 is 9.47 Å². The first kappa shape index (κ1) is 21.5. The molecule has 0 aromatic carbocycles. The molecule has 1 unspecified atom stereocenters. The van der Waals surface area contributed by atoms with Crippen LogP contribution in [0.5, 0.6) is 0 Å². The van der Waals surface area contributed by atoms with E-state index in [4.69, 9.17) is 14.5 Å². The second-order valence-corrected chi connectivity index (χ2v) is 7.92. The average Bonchev–Trinajstić information content (AvgIpc) is 3.12. The molecular formula is C20H40N4O2. The highest BCUT2D eigenvalue weighted by Gasteiger charge is 2.20. The van der Waals surface area contributed by atoms with E-state index in [9.17, 15) is 0 Å². The number of rotatable bonds is 10. The zero-order valence-corrected chi connectivity index (χ0v) is 17.1. The van der Waals surface area contributed by atoms with Crippen LogP contribution in [0.15, 0.2) is 4.99 Å². The molecule has 0 amide bonds. The van der Waals surface area contributed by atoms with E-state index in [2.05, 4.69) is 36.3 Å². The zero-order chi connectivity index (χ0) is 18.6. The number of hydrogen-bond acceptors (Lipinski definition) is 4. The fraction of sp³-hybridized carbons (Fsp3) is 0.950. The van der Waals surface area contributed by atoms with Gasteiger partial charge >= 0.3 is 0 Å². The van der Waals surface area contributed by atoms with Crippen LogP contribution in [-0.2, 0) is 9.47 Å². The molecule has 1 atom stereocenters. The maximum atomic E-state index is 5.92. The molecule has 0 bridgehead atoms. The number of guanidine groups is 1. The summed E-state index contributed by atoms with van der Waals surface area (Å²) >= 11 is 0. The Bertz CT molecular complexity index is 397. The van der Waals surface area contributed by atoms with E-state index >= 15 is 0 Å².